The van der Waals surface area contributed by atoms with E-state index in [2.05, 4.69) is 25.7 Å². The molecule has 1 aromatic heterocycles. The highest BCUT2D eigenvalue weighted by Crippen LogP contribution is 2.36. The minimum atomic E-state index is -4.91. The van der Waals surface area contributed by atoms with Gasteiger partial charge in [-0.05, 0) is 6.92 Å². The van der Waals surface area contributed by atoms with E-state index >= 15 is 0 Å². The van der Waals surface area contributed by atoms with Gasteiger partial charge in [0.1, 0.15) is 0 Å². The molecular formula is C11H11BrF3NO4. The van der Waals surface area contributed by atoms with Gasteiger partial charge in [0.25, 0.3) is 0 Å². The van der Waals surface area contributed by atoms with Crippen LogP contribution in [-0.2, 0) is 10.1 Å². The SMILES string of the molecule is CCOC(=O)c1cc(OC(F)(F)F)c(OC)c(CBr)n1. The molecule has 9 heteroatoms. The number of rotatable bonds is 5. The van der Waals surface area contributed by atoms with Crippen LogP contribution in [0, 0.1) is 0 Å². The largest absolute Gasteiger partial charge is 0.573 e. The fourth-order valence-corrected chi connectivity index (χ4v) is 1.76. The van der Waals surface area contributed by atoms with Gasteiger partial charge in [-0.2, -0.15) is 0 Å². The fourth-order valence-electron chi connectivity index (χ4n) is 1.38. The van der Waals surface area contributed by atoms with E-state index in [1.54, 1.807) is 6.92 Å². The van der Waals surface area contributed by atoms with E-state index in [4.69, 9.17) is 9.47 Å². The molecule has 1 aromatic rings. The average Bonchev–Trinajstić information content (AvgIpc) is 2.36. The zero-order chi connectivity index (χ0) is 15.3. The zero-order valence-electron chi connectivity index (χ0n) is 10.6. The summed E-state index contributed by atoms with van der Waals surface area (Å²) in [7, 11) is 1.18. The monoisotopic (exact) mass is 357 g/mol. The molecule has 112 valence electrons. The maximum Gasteiger partial charge on any atom is 0.573 e. The maximum absolute atomic E-state index is 12.3. The van der Waals surface area contributed by atoms with Crippen LogP contribution in [0.25, 0.3) is 0 Å². The Labute approximate surface area is 121 Å². The van der Waals surface area contributed by atoms with E-state index in [-0.39, 0.29) is 29.1 Å². The molecule has 1 rings (SSSR count). The number of hydrogen-bond donors (Lipinski definition) is 0. The lowest BCUT2D eigenvalue weighted by molar-refractivity contribution is -0.275. The summed E-state index contributed by atoms with van der Waals surface area (Å²) < 4.78 is 50.4. The lowest BCUT2D eigenvalue weighted by Gasteiger charge is -2.15. The number of pyridine rings is 1. The van der Waals surface area contributed by atoms with Gasteiger partial charge >= 0.3 is 12.3 Å². The number of hydrogen-bond acceptors (Lipinski definition) is 5. The third-order valence-electron chi connectivity index (χ3n) is 2.05. The first kappa shape index (κ1) is 16.5. The van der Waals surface area contributed by atoms with Crippen molar-refractivity contribution in [1.29, 1.82) is 0 Å². The van der Waals surface area contributed by atoms with Crippen molar-refractivity contribution >= 4 is 21.9 Å². The predicted octanol–water partition coefficient (Wildman–Crippen LogP) is 3.06. The number of nitrogens with zero attached hydrogens (tertiary/aromatic N) is 1. The van der Waals surface area contributed by atoms with Gasteiger partial charge < -0.3 is 14.2 Å². The van der Waals surface area contributed by atoms with Crippen LogP contribution in [0.5, 0.6) is 11.5 Å². The van der Waals surface area contributed by atoms with Crippen molar-refractivity contribution in [3.05, 3.63) is 17.5 Å². The Hall–Kier alpha value is -1.51. The molecule has 0 aliphatic rings. The molecule has 0 aliphatic carbocycles. The van der Waals surface area contributed by atoms with Gasteiger partial charge in [0, 0.05) is 11.4 Å². The van der Waals surface area contributed by atoms with E-state index in [0.717, 1.165) is 6.07 Å². The average molecular weight is 358 g/mol. The van der Waals surface area contributed by atoms with Crippen molar-refractivity contribution in [1.82, 2.24) is 4.98 Å². The second kappa shape index (κ2) is 6.78. The molecule has 1 heterocycles. The van der Waals surface area contributed by atoms with Crippen LogP contribution in [0.3, 0.4) is 0 Å². The lowest BCUT2D eigenvalue weighted by atomic mass is 10.2. The summed E-state index contributed by atoms with van der Waals surface area (Å²) in [4.78, 5) is 15.4. The Balaban J connectivity index is 3.30. The van der Waals surface area contributed by atoms with Crippen LogP contribution in [0.15, 0.2) is 6.07 Å². The van der Waals surface area contributed by atoms with E-state index < -0.39 is 18.1 Å². The molecule has 0 spiro atoms. The summed E-state index contributed by atoms with van der Waals surface area (Å²) >= 11 is 3.05. The highest BCUT2D eigenvalue weighted by atomic mass is 79.9. The third-order valence-corrected chi connectivity index (χ3v) is 2.58. The summed E-state index contributed by atoms with van der Waals surface area (Å²) in [5.74, 6) is -1.69. The van der Waals surface area contributed by atoms with E-state index in [9.17, 15) is 18.0 Å². The van der Waals surface area contributed by atoms with Gasteiger partial charge in [0.2, 0.25) is 0 Å². The Morgan fingerprint density at radius 2 is 2.10 bits per heavy atom. The van der Waals surface area contributed by atoms with Crippen LogP contribution in [-0.4, -0.2) is 31.0 Å². The van der Waals surface area contributed by atoms with E-state index in [0.29, 0.717) is 0 Å². The molecule has 0 saturated heterocycles. The molecule has 0 saturated carbocycles. The van der Waals surface area contributed by atoms with Crippen LogP contribution in [0.1, 0.15) is 23.1 Å². The highest BCUT2D eigenvalue weighted by molar-refractivity contribution is 9.08. The second-order valence-electron chi connectivity index (χ2n) is 3.39. The molecular weight excluding hydrogens is 347 g/mol. The van der Waals surface area contributed by atoms with Gasteiger partial charge in [-0.1, -0.05) is 15.9 Å². The van der Waals surface area contributed by atoms with Gasteiger partial charge in [-0.15, -0.1) is 13.2 Å². The molecule has 20 heavy (non-hydrogen) atoms. The molecule has 0 radical (unpaired) electrons. The van der Waals surface area contributed by atoms with Crippen LogP contribution >= 0.6 is 15.9 Å². The highest BCUT2D eigenvalue weighted by Gasteiger charge is 2.34. The number of ether oxygens (including phenoxy) is 3. The van der Waals surface area contributed by atoms with Crippen molar-refractivity contribution in [2.45, 2.75) is 18.6 Å². The zero-order valence-corrected chi connectivity index (χ0v) is 12.2. The minimum Gasteiger partial charge on any atom is -0.491 e. The van der Waals surface area contributed by atoms with Crippen molar-refractivity contribution in [2.75, 3.05) is 13.7 Å². The number of esters is 1. The van der Waals surface area contributed by atoms with Gasteiger partial charge in [-0.3, -0.25) is 0 Å². The maximum atomic E-state index is 12.3. The summed E-state index contributed by atoms with van der Waals surface area (Å²) in [6, 6.07) is 0.830. The Bertz CT molecular complexity index is 493. The topological polar surface area (TPSA) is 57.7 Å². The molecule has 0 fully saturated rings. The first-order chi connectivity index (χ1) is 9.32. The first-order valence-electron chi connectivity index (χ1n) is 5.39. The molecule has 0 unspecified atom stereocenters. The number of halogens is 4. The van der Waals surface area contributed by atoms with Gasteiger partial charge in [0.05, 0.1) is 19.4 Å². The Kier molecular flexibility index (Phi) is 5.61. The normalized spacial score (nSPS) is 11.1. The number of aromatic nitrogens is 1. The molecule has 0 aliphatic heterocycles. The standard InChI is InChI=1S/C11H11BrF3NO4/c1-3-19-10(17)6-4-8(20-11(13,14)15)9(18-2)7(5-12)16-6/h4H,3,5H2,1-2H3. The predicted molar refractivity (Wildman–Crippen MR) is 66.1 cm³/mol. The van der Waals surface area contributed by atoms with Crippen molar-refractivity contribution in [2.24, 2.45) is 0 Å². The lowest BCUT2D eigenvalue weighted by Crippen LogP contribution is -2.19. The molecule has 0 N–H and O–H groups in total. The van der Waals surface area contributed by atoms with Gasteiger partial charge in [-0.25, -0.2) is 9.78 Å². The van der Waals surface area contributed by atoms with Gasteiger partial charge in [0.15, 0.2) is 17.2 Å². The Morgan fingerprint density at radius 1 is 1.45 bits per heavy atom. The smallest absolute Gasteiger partial charge is 0.491 e. The Morgan fingerprint density at radius 3 is 2.55 bits per heavy atom. The van der Waals surface area contributed by atoms with Crippen molar-refractivity contribution < 1.29 is 32.2 Å². The number of carbonyl (C=O) groups excluding carboxylic acids is 1. The van der Waals surface area contributed by atoms with Crippen LogP contribution in [0.4, 0.5) is 13.2 Å². The molecule has 0 bridgehead atoms. The minimum absolute atomic E-state index is 0.0750. The summed E-state index contributed by atoms with van der Waals surface area (Å²) in [5, 5.41) is 0.0810. The summed E-state index contributed by atoms with van der Waals surface area (Å²) in [6.07, 6.45) is -4.91. The molecule has 5 nitrogen and oxygen atoms in total. The number of alkyl halides is 4. The molecule has 0 atom stereocenters. The summed E-state index contributed by atoms with van der Waals surface area (Å²) in [5.41, 5.74) is -0.196. The van der Waals surface area contributed by atoms with Crippen molar-refractivity contribution in [3.8, 4) is 11.5 Å². The van der Waals surface area contributed by atoms with Crippen LogP contribution in [0.2, 0.25) is 0 Å². The molecule has 0 amide bonds. The first-order valence-corrected chi connectivity index (χ1v) is 6.51. The van der Waals surface area contributed by atoms with Crippen LogP contribution < -0.4 is 9.47 Å². The fraction of sp³-hybridized carbons (Fsp3) is 0.455. The van der Waals surface area contributed by atoms with E-state index in [1.165, 1.54) is 7.11 Å². The second-order valence-corrected chi connectivity index (χ2v) is 3.95. The number of methoxy groups -OCH3 is 1. The van der Waals surface area contributed by atoms with E-state index in [1.807, 2.05) is 0 Å². The molecule has 0 aromatic carbocycles. The third kappa shape index (κ3) is 4.26. The quantitative estimate of drug-likeness (QED) is 0.598. The summed E-state index contributed by atoms with van der Waals surface area (Å²) in [6.45, 7) is 1.64. The van der Waals surface area contributed by atoms with Crippen molar-refractivity contribution in [3.63, 3.8) is 0 Å². The number of carbonyl (C=O) groups is 1.